The SMILES string of the molecule is CC/C=C\C/C=C\C/C=C\C/C=C\C/C=C\CCCCCCCCCC(=O)OC1C(OCC(NC(=O)C(O)CCCCCCCC/C=C/C=C/C=C/CC)C(O)/C=C/CCCCCCCCCCC)OC(CO)C(O)C1O. The molecule has 0 aliphatic carbocycles. The number of esters is 1. The molecular formula is C66H111NO10. The number of unbranched alkanes of at least 4 members (excludes halogenated alkanes) is 22. The van der Waals surface area contributed by atoms with Crippen molar-refractivity contribution >= 4 is 11.9 Å². The predicted molar refractivity (Wildman–Crippen MR) is 319 cm³/mol. The van der Waals surface area contributed by atoms with Gasteiger partial charge in [-0.3, -0.25) is 9.59 Å². The van der Waals surface area contributed by atoms with Crippen molar-refractivity contribution in [3.63, 3.8) is 0 Å². The molecule has 0 saturated carbocycles. The molecule has 1 fully saturated rings. The average molecular weight is 1080 g/mol. The van der Waals surface area contributed by atoms with Crippen LogP contribution in [0.5, 0.6) is 0 Å². The zero-order valence-electron chi connectivity index (χ0n) is 48.5. The maximum absolute atomic E-state index is 13.4. The van der Waals surface area contributed by atoms with E-state index in [1.54, 1.807) is 6.08 Å². The van der Waals surface area contributed by atoms with Gasteiger partial charge in [-0.25, -0.2) is 0 Å². The fraction of sp³-hybridized carbons (Fsp3) is 0.697. The second-order valence-corrected chi connectivity index (χ2v) is 20.7. The number of rotatable bonds is 50. The minimum absolute atomic E-state index is 0.103. The van der Waals surface area contributed by atoms with Crippen molar-refractivity contribution < 1.29 is 49.3 Å². The summed E-state index contributed by atoms with van der Waals surface area (Å²) in [6.07, 6.45) is 61.2. The van der Waals surface area contributed by atoms with Crippen molar-refractivity contribution in [2.45, 2.75) is 282 Å². The number of ether oxygens (including phenoxy) is 3. The van der Waals surface area contributed by atoms with Gasteiger partial charge in [0.15, 0.2) is 12.4 Å². The van der Waals surface area contributed by atoms with Crippen molar-refractivity contribution in [1.29, 1.82) is 0 Å². The fourth-order valence-corrected chi connectivity index (χ4v) is 8.91. The summed E-state index contributed by atoms with van der Waals surface area (Å²) in [5, 5.41) is 56.9. The number of aliphatic hydroxyl groups is 5. The zero-order valence-corrected chi connectivity index (χ0v) is 48.5. The van der Waals surface area contributed by atoms with Crippen LogP contribution >= 0.6 is 0 Å². The highest BCUT2D eigenvalue weighted by Gasteiger charge is 2.47. The summed E-state index contributed by atoms with van der Waals surface area (Å²) in [6.45, 7) is 5.51. The molecule has 0 spiro atoms. The lowest BCUT2D eigenvalue weighted by Gasteiger charge is -2.41. The predicted octanol–water partition coefficient (Wildman–Crippen LogP) is 14.5. The average Bonchev–Trinajstić information content (AvgIpc) is 3.43. The van der Waals surface area contributed by atoms with Gasteiger partial charge in [0.05, 0.1) is 25.4 Å². The van der Waals surface area contributed by atoms with Gasteiger partial charge in [-0.2, -0.15) is 0 Å². The third-order valence-electron chi connectivity index (χ3n) is 13.7. The van der Waals surface area contributed by atoms with Crippen LogP contribution in [0, 0.1) is 0 Å². The van der Waals surface area contributed by atoms with E-state index in [0.717, 1.165) is 148 Å². The smallest absolute Gasteiger partial charge is 0.306 e. The number of amides is 1. The van der Waals surface area contributed by atoms with Crippen molar-refractivity contribution in [2.24, 2.45) is 0 Å². The van der Waals surface area contributed by atoms with E-state index < -0.39 is 67.4 Å². The molecule has 0 bridgehead atoms. The van der Waals surface area contributed by atoms with Gasteiger partial charge in [0.1, 0.15) is 24.4 Å². The number of nitrogens with one attached hydrogen (secondary N) is 1. The summed E-state index contributed by atoms with van der Waals surface area (Å²) in [5.41, 5.74) is 0. The molecule has 8 atom stereocenters. The molecular weight excluding hydrogens is 967 g/mol. The van der Waals surface area contributed by atoms with Crippen LogP contribution < -0.4 is 5.32 Å². The second kappa shape index (κ2) is 53.0. The molecule has 8 unspecified atom stereocenters. The quantitative estimate of drug-likeness (QED) is 0.0149. The Bertz CT molecular complexity index is 1660. The maximum atomic E-state index is 13.4. The van der Waals surface area contributed by atoms with Gasteiger partial charge in [0, 0.05) is 6.42 Å². The summed E-state index contributed by atoms with van der Waals surface area (Å²) >= 11 is 0. The van der Waals surface area contributed by atoms with E-state index >= 15 is 0 Å². The van der Waals surface area contributed by atoms with E-state index in [0.29, 0.717) is 12.8 Å². The molecule has 11 nitrogen and oxygen atoms in total. The van der Waals surface area contributed by atoms with Crippen LogP contribution in [0.15, 0.2) is 109 Å². The Morgan fingerprint density at radius 3 is 1.55 bits per heavy atom. The third-order valence-corrected chi connectivity index (χ3v) is 13.7. The lowest BCUT2D eigenvalue weighted by Crippen LogP contribution is -2.61. The minimum Gasteiger partial charge on any atom is -0.454 e. The van der Waals surface area contributed by atoms with Crippen LogP contribution in [0.3, 0.4) is 0 Å². The van der Waals surface area contributed by atoms with Gasteiger partial charge in [0.25, 0.3) is 0 Å². The lowest BCUT2D eigenvalue weighted by atomic mass is 9.99. The van der Waals surface area contributed by atoms with Crippen LogP contribution in [-0.4, -0.2) is 99.6 Å². The molecule has 1 saturated heterocycles. The topological polar surface area (TPSA) is 175 Å². The van der Waals surface area contributed by atoms with Gasteiger partial charge >= 0.3 is 5.97 Å². The van der Waals surface area contributed by atoms with E-state index in [2.05, 4.69) is 111 Å². The van der Waals surface area contributed by atoms with Crippen LogP contribution in [0.25, 0.3) is 0 Å². The number of hydrogen-bond acceptors (Lipinski definition) is 10. The van der Waals surface area contributed by atoms with Crippen LogP contribution in [-0.2, 0) is 23.8 Å². The molecule has 1 rings (SSSR count). The Labute approximate surface area is 468 Å². The largest absolute Gasteiger partial charge is 0.454 e. The van der Waals surface area contributed by atoms with Crippen molar-refractivity contribution in [3.8, 4) is 0 Å². The maximum Gasteiger partial charge on any atom is 0.306 e. The summed E-state index contributed by atoms with van der Waals surface area (Å²) < 4.78 is 17.6. The molecule has 1 amide bonds. The molecule has 11 heteroatoms. The fourth-order valence-electron chi connectivity index (χ4n) is 8.91. The van der Waals surface area contributed by atoms with E-state index in [1.165, 1.54) is 38.5 Å². The number of carbonyl (C=O) groups excluding carboxylic acids is 2. The standard InChI is InChI=1S/C66H111NO10/c1-4-7-10-13-16-19-22-24-26-27-28-29-30-31-32-33-34-36-39-42-45-48-51-54-61(71)77-64-63(73)62(72)60(55-68)76-66(64)75-56-57(58(69)52-49-46-43-40-37-21-18-15-12-9-6-3)67-65(74)59(70)53-50-47-44-41-38-35-25-23-20-17-14-11-8-5-2/h7-8,10-11,14,16-17,19-20,23-24,26,28-29,31-32,49,52,57-60,62-64,66,68-70,72-73H,4-6,9,12-13,15,18,21-22,25,27,30,33-48,50-51,53-56H2,1-3H3,(H,67,74)/b10-7-,11-8+,17-14+,19-16-,23-20+,26-24-,29-28-,32-31-,52-49+. The van der Waals surface area contributed by atoms with Crippen molar-refractivity contribution in [2.75, 3.05) is 13.2 Å². The van der Waals surface area contributed by atoms with Gasteiger partial charge in [-0.15, -0.1) is 0 Å². The number of carbonyl (C=O) groups is 2. The first-order valence-corrected chi connectivity index (χ1v) is 30.7. The minimum atomic E-state index is -1.63. The molecule has 1 aliphatic rings. The highest BCUT2D eigenvalue weighted by molar-refractivity contribution is 5.80. The number of hydrogen-bond donors (Lipinski definition) is 6. The summed E-state index contributed by atoms with van der Waals surface area (Å²) in [4.78, 5) is 26.5. The van der Waals surface area contributed by atoms with Gasteiger partial charge < -0.3 is 45.1 Å². The molecule has 0 aromatic rings. The summed E-state index contributed by atoms with van der Waals surface area (Å²) in [6, 6.07) is -1.04. The third kappa shape index (κ3) is 41.1. The molecule has 0 radical (unpaired) electrons. The van der Waals surface area contributed by atoms with E-state index in [9.17, 15) is 35.1 Å². The van der Waals surface area contributed by atoms with Crippen molar-refractivity contribution in [1.82, 2.24) is 5.32 Å². The van der Waals surface area contributed by atoms with Gasteiger partial charge in [0.2, 0.25) is 5.91 Å². The zero-order chi connectivity index (χ0) is 56.1. The monoisotopic (exact) mass is 1080 g/mol. The van der Waals surface area contributed by atoms with Crippen LogP contribution in [0.1, 0.15) is 233 Å². The molecule has 440 valence electrons. The van der Waals surface area contributed by atoms with E-state index in [-0.39, 0.29) is 19.4 Å². The van der Waals surface area contributed by atoms with Gasteiger partial charge in [-0.05, 0) is 89.9 Å². The first-order chi connectivity index (χ1) is 37.7. The molecule has 77 heavy (non-hydrogen) atoms. The van der Waals surface area contributed by atoms with E-state index in [4.69, 9.17) is 14.2 Å². The first-order valence-electron chi connectivity index (χ1n) is 30.7. The van der Waals surface area contributed by atoms with Crippen LogP contribution in [0.4, 0.5) is 0 Å². The highest BCUT2D eigenvalue weighted by atomic mass is 16.7. The second-order valence-electron chi connectivity index (χ2n) is 20.7. The van der Waals surface area contributed by atoms with Crippen molar-refractivity contribution in [3.05, 3.63) is 109 Å². The molecule has 1 heterocycles. The molecule has 1 aliphatic heterocycles. The number of aliphatic hydroxyl groups excluding tert-OH is 5. The summed E-state index contributed by atoms with van der Waals surface area (Å²) in [7, 11) is 0. The Kier molecular flexibility index (Phi) is 49.1. The number of allylic oxidation sites excluding steroid dienone is 17. The van der Waals surface area contributed by atoms with Crippen LogP contribution in [0.2, 0.25) is 0 Å². The Morgan fingerprint density at radius 2 is 1.00 bits per heavy atom. The normalized spacial score (nSPS) is 19.8. The highest BCUT2D eigenvalue weighted by Crippen LogP contribution is 2.26. The molecule has 0 aromatic heterocycles. The Morgan fingerprint density at radius 1 is 0.532 bits per heavy atom. The molecule has 6 N–H and O–H groups in total. The first kappa shape index (κ1) is 71.3. The lowest BCUT2D eigenvalue weighted by molar-refractivity contribution is -0.305. The Hall–Kier alpha value is -3.68. The molecule has 0 aromatic carbocycles. The van der Waals surface area contributed by atoms with E-state index in [1.807, 2.05) is 18.2 Å². The summed E-state index contributed by atoms with van der Waals surface area (Å²) in [5.74, 6) is -1.23. The Balaban J connectivity index is 2.65. The van der Waals surface area contributed by atoms with Gasteiger partial charge in [-0.1, -0.05) is 246 Å².